The highest BCUT2D eigenvalue weighted by atomic mass is 16.2. The number of hydrogen-bond acceptors (Lipinski definition) is 2. The molecule has 2 rings (SSSR count). The minimum atomic E-state index is -0.0381. The Labute approximate surface area is 115 Å². The maximum Gasteiger partial charge on any atom is 0.321 e. The molecule has 1 aliphatic heterocycles. The molecule has 0 radical (unpaired) electrons. The van der Waals surface area contributed by atoms with Gasteiger partial charge in [-0.3, -0.25) is 0 Å². The smallest absolute Gasteiger partial charge is 0.321 e. The topological polar surface area (TPSA) is 58.4 Å². The quantitative estimate of drug-likeness (QED) is 0.816. The number of rotatable bonds is 1. The van der Waals surface area contributed by atoms with Crippen LogP contribution in [0.1, 0.15) is 25.8 Å². The van der Waals surface area contributed by atoms with E-state index in [9.17, 15) is 4.79 Å². The van der Waals surface area contributed by atoms with Crippen LogP contribution in [0.15, 0.2) is 24.3 Å². The third-order valence-electron chi connectivity index (χ3n) is 3.90. The average molecular weight is 261 g/mol. The van der Waals surface area contributed by atoms with E-state index in [0.717, 1.165) is 18.7 Å². The minimum Gasteiger partial charge on any atom is -0.327 e. The first-order valence-corrected chi connectivity index (χ1v) is 6.77. The van der Waals surface area contributed by atoms with Gasteiger partial charge in [-0.25, -0.2) is 4.79 Å². The van der Waals surface area contributed by atoms with Gasteiger partial charge >= 0.3 is 6.03 Å². The summed E-state index contributed by atoms with van der Waals surface area (Å²) in [6.07, 6.45) is 0.855. The first-order chi connectivity index (χ1) is 8.88. The normalized spacial score (nSPS) is 22.1. The highest BCUT2D eigenvalue weighted by Gasteiger charge is 2.35. The van der Waals surface area contributed by atoms with Crippen LogP contribution in [0, 0.1) is 12.3 Å². The van der Waals surface area contributed by atoms with E-state index in [-0.39, 0.29) is 17.5 Å². The van der Waals surface area contributed by atoms with E-state index in [0.29, 0.717) is 6.54 Å². The second-order valence-corrected chi connectivity index (χ2v) is 6.10. The van der Waals surface area contributed by atoms with E-state index < -0.39 is 0 Å². The monoisotopic (exact) mass is 261 g/mol. The fourth-order valence-corrected chi connectivity index (χ4v) is 2.39. The van der Waals surface area contributed by atoms with E-state index in [1.807, 2.05) is 36.1 Å². The molecule has 1 aliphatic rings. The number of urea groups is 1. The summed E-state index contributed by atoms with van der Waals surface area (Å²) in [7, 11) is 0. The second kappa shape index (κ2) is 5.21. The molecule has 4 heteroatoms. The molecule has 1 fully saturated rings. The van der Waals surface area contributed by atoms with E-state index >= 15 is 0 Å². The molecular weight excluding hydrogens is 238 g/mol. The predicted octanol–water partition coefficient (Wildman–Crippen LogP) is 2.59. The fraction of sp³-hybridized carbons (Fsp3) is 0.533. The molecule has 104 valence electrons. The number of nitrogens with zero attached hydrogens (tertiary/aromatic N) is 1. The molecule has 2 amide bonds. The van der Waals surface area contributed by atoms with Gasteiger partial charge in [-0.05, 0) is 30.9 Å². The number of nitrogens with one attached hydrogen (secondary N) is 1. The molecule has 0 bridgehead atoms. The summed E-state index contributed by atoms with van der Waals surface area (Å²) in [5.74, 6) is 0. The van der Waals surface area contributed by atoms with Crippen LogP contribution < -0.4 is 11.1 Å². The molecule has 1 unspecified atom stereocenters. The molecule has 4 nitrogen and oxygen atoms in total. The summed E-state index contributed by atoms with van der Waals surface area (Å²) in [4.78, 5) is 14.1. The summed E-state index contributed by atoms with van der Waals surface area (Å²) < 4.78 is 0. The molecule has 1 aromatic rings. The molecule has 1 aromatic carbocycles. The van der Waals surface area contributed by atoms with Crippen molar-refractivity contribution in [3.8, 4) is 0 Å². The molecular formula is C15H23N3O. The summed E-state index contributed by atoms with van der Waals surface area (Å²) in [6, 6.07) is 7.96. The molecule has 0 aliphatic carbocycles. The van der Waals surface area contributed by atoms with E-state index in [1.165, 1.54) is 5.56 Å². The van der Waals surface area contributed by atoms with Crippen molar-refractivity contribution in [3.05, 3.63) is 29.8 Å². The SMILES string of the molecule is Cc1ccc(NC(=O)N2CCC(N)C(C)(C)C2)cc1. The maximum atomic E-state index is 12.2. The van der Waals surface area contributed by atoms with Crippen molar-refractivity contribution in [2.75, 3.05) is 18.4 Å². The Morgan fingerprint density at radius 2 is 2.00 bits per heavy atom. The van der Waals surface area contributed by atoms with E-state index in [4.69, 9.17) is 5.73 Å². The number of carbonyl (C=O) groups excluding carboxylic acids is 1. The Bertz CT molecular complexity index is 453. The third-order valence-corrected chi connectivity index (χ3v) is 3.90. The van der Waals surface area contributed by atoms with Crippen LogP contribution in [-0.4, -0.2) is 30.1 Å². The van der Waals surface area contributed by atoms with Crippen molar-refractivity contribution in [1.82, 2.24) is 4.90 Å². The number of piperidine rings is 1. The summed E-state index contributed by atoms with van der Waals surface area (Å²) in [5, 5.41) is 2.94. The van der Waals surface area contributed by atoms with Crippen molar-refractivity contribution >= 4 is 11.7 Å². The van der Waals surface area contributed by atoms with Gasteiger partial charge in [0, 0.05) is 24.8 Å². The van der Waals surface area contributed by atoms with Gasteiger partial charge in [-0.15, -0.1) is 0 Å². The Morgan fingerprint density at radius 1 is 1.37 bits per heavy atom. The highest BCUT2D eigenvalue weighted by Crippen LogP contribution is 2.28. The van der Waals surface area contributed by atoms with Gasteiger partial charge < -0.3 is 16.0 Å². The minimum absolute atomic E-state index is 0.0249. The lowest BCUT2D eigenvalue weighted by atomic mass is 9.80. The van der Waals surface area contributed by atoms with Crippen molar-refractivity contribution in [1.29, 1.82) is 0 Å². The largest absolute Gasteiger partial charge is 0.327 e. The number of hydrogen-bond donors (Lipinski definition) is 2. The van der Waals surface area contributed by atoms with Crippen molar-refractivity contribution in [2.45, 2.75) is 33.2 Å². The zero-order valence-electron chi connectivity index (χ0n) is 11.9. The van der Waals surface area contributed by atoms with E-state index in [1.54, 1.807) is 0 Å². The van der Waals surface area contributed by atoms with Gasteiger partial charge in [0.2, 0.25) is 0 Å². The van der Waals surface area contributed by atoms with Crippen LogP contribution >= 0.6 is 0 Å². The maximum absolute atomic E-state index is 12.2. The lowest BCUT2D eigenvalue weighted by molar-refractivity contribution is 0.118. The van der Waals surface area contributed by atoms with Crippen LogP contribution in [0.4, 0.5) is 10.5 Å². The van der Waals surface area contributed by atoms with Crippen LogP contribution in [0.25, 0.3) is 0 Å². The van der Waals surface area contributed by atoms with Crippen LogP contribution in [0.3, 0.4) is 0 Å². The standard InChI is InChI=1S/C15H23N3O/c1-11-4-6-12(7-5-11)17-14(19)18-9-8-13(16)15(2,3)10-18/h4-7,13H,8-10,16H2,1-3H3,(H,17,19). The van der Waals surface area contributed by atoms with Gasteiger partial charge in [0.1, 0.15) is 0 Å². The van der Waals surface area contributed by atoms with Gasteiger partial charge in [-0.2, -0.15) is 0 Å². The van der Waals surface area contributed by atoms with Crippen LogP contribution in [-0.2, 0) is 0 Å². The van der Waals surface area contributed by atoms with Gasteiger partial charge in [0.25, 0.3) is 0 Å². The molecule has 1 atom stereocenters. The van der Waals surface area contributed by atoms with Crippen molar-refractivity contribution in [2.24, 2.45) is 11.1 Å². The van der Waals surface area contributed by atoms with Crippen LogP contribution in [0.2, 0.25) is 0 Å². The number of carbonyl (C=O) groups is 1. The molecule has 1 saturated heterocycles. The number of anilines is 1. The summed E-state index contributed by atoms with van der Waals surface area (Å²) in [5.41, 5.74) is 8.08. The number of benzene rings is 1. The molecule has 19 heavy (non-hydrogen) atoms. The first-order valence-electron chi connectivity index (χ1n) is 6.77. The fourth-order valence-electron chi connectivity index (χ4n) is 2.39. The average Bonchev–Trinajstić information content (AvgIpc) is 2.35. The lowest BCUT2D eigenvalue weighted by Crippen LogP contribution is -2.54. The summed E-state index contributed by atoms with van der Waals surface area (Å²) >= 11 is 0. The zero-order valence-corrected chi connectivity index (χ0v) is 11.9. The van der Waals surface area contributed by atoms with E-state index in [2.05, 4.69) is 19.2 Å². The highest BCUT2D eigenvalue weighted by molar-refractivity contribution is 5.89. The van der Waals surface area contributed by atoms with Crippen LogP contribution in [0.5, 0.6) is 0 Å². The molecule has 0 saturated carbocycles. The Balaban J connectivity index is 1.99. The Kier molecular flexibility index (Phi) is 3.80. The molecule has 0 aromatic heterocycles. The van der Waals surface area contributed by atoms with Crippen molar-refractivity contribution < 1.29 is 4.79 Å². The number of likely N-dealkylation sites (tertiary alicyclic amines) is 1. The number of amides is 2. The third kappa shape index (κ3) is 3.26. The Hall–Kier alpha value is -1.55. The second-order valence-electron chi connectivity index (χ2n) is 6.10. The van der Waals surface area contributed by atoms with Gasteiger partial charge in [0.15, 0.2) is 0 Å². The zero-order chi connectivity index (χ0) is 14.0. The predicted molar refractivity (Wildman–Crippen MR) is 78.1 cm³/mol. The molecule has 1 heterocycles. The van der Waals surface area contributed by atoms with Gasteiger partial charge in [-0.1, -0.05) is 31.5 Å². The Morgan fingerprint density at radius 3 is 2.58 bits per heavy atom. The molecule has 0 spiro atoms. The summed E-state index contributed by atoms with van der Waals surface area (Å²) in [6.45, 7) is 7.68. The first kappa shape index (κ1) is 13.9. The number of nitrogens with two attached hydrogens (primary N) is 1. The molecule has 3 N–H and O–H groups in total. The lowest BCUT2D eigenvalue weighted by Gasteiger charge is -2.42. The van der Waals surface area contributed by atoms with Gasteiger partial charge in [0.05, 0.1) is 0 Å². The van der Waals surface area contributed by atoms with Crippen molar-refractivity contribution in [3.63, 3.8) is 0 Å². The number of aryl methyl sites for hydroxylation is 1.